The second-order valence-electron chi connectivity index (χ2n) is 5.60. The molecule has 0 saturated carbocycles. The van der Waals surface area contributed by atoms with Crippen molar-refractivity contribution in [2.24, 2.45) is 15.3 Å². The quantitative estimate of drug-likeness (QED) is 0.251. The number of nitrogens with one attached hydrogen (secondary N) is 1. The summed E-state index contributed by atoms with van der Waals surface area (Å²) in [6.45, 7) is 0. The van der Waals surface area contributed by atoms with Gasteiger partial charge in [-0.3, -0.25) is 4.79 Å². The van der Waals surface area contributed by atoms with Gasteiger partial charge in [0.2, 0.25) is 0 Å². The molecule has 0 unspecified atom stereocenters. The largest absolute Gasteiger partial charge is 0.507 e. The summed E-state index contributed by atoms with van der Waals surface area (Å²) in [5.41, 5.74) is 4.52. The van der Waals surface area contributed by atoms with E-state index in [0.717, 1.165) is 4.47 Å². The Labute approximate surface area is 178 Å². The summed E-state index contributed by atoms with van der Waals surface area (Å²) >= 11 is 6.70. The standard InChI is InChI=1S/C20H14Br2N4O2/c21-14-4-3-5-15(11-14)24-25-16-8-9-19(27)13(10-16)12-23-26-20(28)17-6-1-2-7-18(17)22/h1-12,27H,(H,26,28)/b23-12+,25-24?. The first-order chi connectivity index (χ1) is 13.5. The monoisotopic (exact) mass is 500 g/mol. The molecule has 140 valence electrons. The average Bonchev–Trinajstić information content (AvgIpc) is 2.68. The fourth-order valence-corrected chi connectivity index (χ4v) is 3.08. The topological polar surface area (TPSA) is 86.4 Å². The third-order valence-corrected chi connectivity index (χ3v) is 4.77. The lowest BCUT2D eigenvalue weighted by atomic mass is 10.2. The number of phenols is 1. The van der Waals surface area contributed by atoms with Crippen LogP contribution in [0.25, 0.3) is 0 Å². The summed E-state index contributed by atoms with van der Waals surface area (Å²) in [7, 11) is 0. The SMILES string of the molecule is O=C(N/N=C/c1cc(N=Nc2cccc(Br)c2)ccc1O)c1ccccc1Br. The van der Waals surface area contributed by atoms with Crippen LogP contribution in [-0.2, 0) is 0 Å². The molecule has 0 aliphatic carbocycles. The molecule has 6 nitrogen and oxygen atoms in total. The van der Waals surface area contributed by atoms with Crippen molar-refractivity contribution in [3.05, 3.63) is 86.8 Å². The van der Waals surface area contributed by atoms with E-state index in [1.54, 1.807) is 30.3 Å². The summed E-state index contributed by atoms with van der Waals surface area (Å²) in [5.74, 6) is -0.353. The predicted octanol–water partition coefficient (Wildman–Crippen LogP) is 6.10. The van der Waals surface area contributed by atoms with Crippen LogP contribution in [0.2, 0.25) is 0 Å². The Kier molecular flexibility index (Phi) is 6.67. The zero-order chi connectivity index (χ0) is 19.9. The van der Waals surface area contributed by atoms with Crippen LogP contribution in [0.1, 0.15) is 15.9 Å². The zero-order valence-corrected chi connectivity index (χ0v) is 17.6. The van der Waals surface area contributed by atoms with Crippen molar-refractivity contribution in [1.82, 2.24) is 5.43 Å². The molecular formula is C20H14Br2N4O2. The van der Waals surface area contributed by atoms with Gasteiger partial charge in [0.25, 0.3) is 5.91 Å². The Hall–Kier alpha value is -2.84. The smallest absolute Gasteiger partial charge is 0.272 e. The molecule has 3 aromatic carbocycles. The third kappa shape index (κ3) is 5.34. The Morgan fingerprint density at radius 3 is 2.43 bits per heavy atom. The van der Waals surface area contributed by atoms with Crippen molar-refractivity contribution in [2.75, 3.05) is 0 Å². The molecule has 0 radical (unpaired) electrons. The van der Waals surface area contributed by atoms with Gasteiger partial charge in [-0.25, -0.2) is 5.43 Å². The second kappa shape index (κ2) is 9.38. The normalized spacial score (nSPS) is 11.2. The number of amides is 1. The minimum absolute atomic E-state index is 0.0142. The molecule has 0 aliphatic heterocycles. The van der Waals surface area contributed by atoms with Gasteiger partial charge in [0.05, 0.1) is 23.2 Å². The van der Waals surface area contributed by atoms with Crippen LogP contribution in [0, 0.1) is 0 Å². The van der Waals surface area contributed by atoms with E-state index in [2.05, 4.69) is 52.6 Å². The van der Waals surface area contributed by atoms with E-state index >= 15 is 0 Å². The van der Waals surface area contributed by atoms with Crippen LogP contribution < -0.4 is 5.43 Å². The predicted molar refractivity (Wildman–Crippen MR) is 116 cm³/mol. The van der Waals surface area contributed by atoms with Gasteiger partial charge in [-0.2, -0.15) is 15.3 Å². The molecule has 0 aromatic heterocycles. The van der Waals surface area contributed by atoms with Gasteiger partial charge in [0, 0.05) is 14.5 Å². The molecule has 0 saturated heterocycles. The van der Waals surface area contributed by atoms with Crippen LogP contribution in [-0.4, -0.2) is 17.2 Å². The van der Waals surface area contributed by atoms with E-state index in [1.807, 2.05) is 30.3 Å². The van der Waals surface area contributed by atoms with E-state index < -0.39 is 0 Å². The Morgan fingerprint density at radius 2 is 1.68 bits per heavy atom. The molecule has 0 heterocycles. The molecular weight excluding hydrogens is 488 g/mol. The lowest BCUT2D eigenvalue weighted by Crippen LogP contribution is -2.18. The van der Waals surface area contributed by atoms with Crippen molar-refractivity contribution in [1.29, 1.82) is 0 Å². The van der Waals surface area contributed by atoms with Crippen LogP contribution in [0.5, 0.6) is 5.75 Å². The number of aromatic hydroxyl groups is 1. The van der Waals surface area contributed by atoms with Crippen molar-refractivity contribution in [3.8, 4) is 5.75 Å². The lowest BCUT2D eigenvalue weighted by molar-refractivity contribution is 0.0954. The van der Waals surface area contributed by atoms with Gasteiger partial charge in [-0.05, 0) is 64.5 Å². The molecule has 2 N–H and O–H groups in total. The highest BCUT2D eigenvalue weighted by Gasteiger charge is 2.08. The van der Waals surface area contributed by atoms with Crippen molar-refractivity contribution < 1.29 is 9.90 Å². The van der Waals surface area contributed by atoms with Gasteiger partial charge in [0.15, 0.2) is 0 Å². The van der Waals surface area contributed by atoms with Crippen molar-refractivity contribution in [3.63, 3.8) is 0 Å². The van der Waals surface area contributed by atoms with E-state index in [9.17, 15) is 9.90 Å². The summed E-state index contributed by atoms with van der Waals surface area (Å²) < 4.78 is 1.57. The van der Waals surface area contributed by atoms with E-state index in [-0.39, 0.29) is 11.7 Å². The number of carbonyl (C=O) groups excluding carboxylic acids is 1. The second-order valence-corrected chi connectivity index (χ2v) is 7.37. The molecule has 0 aliphatic rings. The van der Waals surface area contributed by atoms with E-state index in [4.69, 9.17) is 0 Å². The number of phenolic OH excluding ortho intramolecular Hbond substituents is 1. The van der Waals surface area contributed by atoms with Gasteiger partial charge in [0.1, 0.15) is 5.75 Å². The summed E-state index contributed by atoms with van der Waals surface area (Å²) in [6.07, 6.45) is 1.35. The van der Waals surface area contributed by atoms with Gasteiger partial charge < -0.3 is 5.11 Å². The van der Waals surface area contributed by atoms with Crippen molar-refractivity contribution in [2.45, 2.75) is 0 Å². The van der Waals surface area contributed by atoms with Crippen LogP contribution in [0.15, 0.2) is 91.0 Å². The highest BCUT2D eigenvalue weighted by atomic mass is 79.9. The molecule has 3 aromatic rings. The minimum atomic E-state index is -0.367. The number of halogens is 2. The summed E-state index contributed by atoms with van der Waals surface area (Å²) in [4.78, 5) is 12.1. The average molecular weight is 502 g/mol. The van der Waals surface area contributed by atoms with E-state index in [0.29, 0.717) is 27.0 Å². The molecule has 3 rings (SSSR count). The lowest BCUT2D eigenvalue weighted by Gasteiger charge is -2.03. The number of azo groups is 1. The molecule has 0 bridgehead atoms. The fourth-order valence-electron chi connectivity index (χ4n) is 2.23. The first-order valence-electron chi connectivity index (χ1n) is 8.11. The number of carbonyl (C=O) groups is 1. The van der Waals surface area contributed by atoms with Gasteiger partial charge in [-0.1, -0.05) is 34.1 Å². The number of rotatable bonds is 5. The fraction of sp³-hybridized carbons (Fsp3) is 0. The minimum Gasteiger partial charge on any atom is -0.507 e. The first kappa shape index (κ1) is 19.9. The molecule has 0 atom stereocenters. The van der Waals surface area contributed by atoms with Crippen LogP contribution in [0.4, 0.5) is 11.4 Å². The number of benzene rings is 3. The number of hydrazone groups is 1. The van der Waals surface area contributed by atoms with Crippen LogP contribution >= 0.6 is 31.9 Å². The van der Waals surface area contributed by atoms with Gasteiger partial charge >= 0.3 is 0 Å². The van der Waals surface area contributed by atoms with E-state index in [1.165, 1.54) is 12.3 Å². The van der Waals surface area contributed by atoms with Crippen LogP contribution in [0.3, 0.4) is 0 Å². The Balaban J connectivity index is 1.72. The molecule has 0 fully saturated rings. The molecule has 0 spiro atoms. The molecule has 1 amide bonds. The maximum absolute atomic E-state index is 12.1. The maximum Gasteiger partial charge on any atom is 0.272 e. The summed E-state index contributed by atoms with van der Waals surface area (Å²) in [6, 6.07) is 19.2. The maximum atomic E-state index is 12.1. The Morgan fingerprint density at radius 1 is 0.929 bits per heavy atom. The number of hydrogen-bond acceptors (Lipinski definition) is 5. The first-order valence-corrected chi connectivity index (χ1v) is 9.70. The summed E-state index contributed by atoms with van der Waals surface area (Å²) in [5, 5.41) is 22.2. The highest BCUT2D eigenvalue weighted by Crippen LogP contribution is 2.25. The number of hydrogen-bond donors (Lipinski definition) is 2. The van der Waals surface area contributed by atoms with Gasteiger partial charge in [-0.15, -0.1) is 0 Å². The molecule has 8 heteroatoms. The number of nitrogens with zero attached hydrogens (tertiary/aromatic N) is 3. The Bertz CT molecular complexity index is 1070. The third-order valence-electron chi connectivity index (χ3n) is 3.59. The highest BCUT2D eigenvalue weighted by molar-refractivity contribution is 9.10. The zero-order valence-electron chi connectivity index (χ0n) is 14.4. The van der Waals surface area contributed by atoms with Crippen molar-refractivity contribution >= 4 is 55.4 Å². The molecule has 28 heavy (non-hydrogen) atoms.